The van der Waals surface area contributed by atoms with Gasteiger partial charge in [-0.1, -0.05) is 36.0 Å². The second-order valence-corrected chi connectivity index (χ2v) is 7.09. The van der Waals surface area contributed by atoms with E-state index in [1.165, 1.54) is 48.6 Å². The summed E-state index contributed by atoms with van der Waals surface area (Å²) < 4.78 is 4.32. The Balaban J connectivity index is 0.00000132. The Morgan fingerprint density at radius 3 is 2.57 bits per heavy atom. The van der Waals surface area contributed by atoms with Crippen molar-refractivity contribution in [1.82, 2.24) is 14.3 Å². The number of aromatic nitrogens is 2. The molecule has 7 heteroatoms. The normalized spacial score (nSPS) is 17.6. The van der Waals surface area contributed by atoms with Crippen molar-refractivity contribution in [2.45, 2.75) is 37.4 Å². The van der Waals surface area contributed by atoms with Gasteiger partial charge in [-0.3, -0.25) is 0 Å². The smallest absolute Gasteiger partial charge is 0.200 e. The van der Waals surface area contributed by atoms with Crippen LogP contribution in [0.15, 0.2) is 29.4 Å². The van der Waals surface area contributed by atoms with Gasteiger partial charge in [-0.2, -0.15) is 4.37 Å². The van der Waals surface area contributed by atoms with Crippen molar-refractivity contribution in [3.63, 3.8) is 0 Å². The topological polar surface area (TPSA) is 92.0 Å². The molecule has 1 saturated heterocycles. The van der Waals surface area contributed by atoms with Gasteiger partial charge in [-0.25, -0.2) is 4.98 Å². The number of rotatable bonds is 5. The van der Waals surface area contributed by atoms with E-state index in [0.717, 1.165) is 22.6 Å². The van der Waals surface area contributed by atoms with Crippen LogP contribution in [0, 0.1) is 0 Å². The van der Waals surface area contributed by atoms with Gasteiger partial charge < -0.3 is 15.9 Å². The van der Waals surface area contributed by atoms with Crippen LogP contribution >= 0.6 is 23.3 Å². The molecule has 1 aromatic carbocycles. The lowest BCUT2D eigenvalue weighted by molar-refractivity contribution is 0.272. The molecule has 1 unspecified atom stereocenters. The fraction of sp³-hybridized carbons (Fsp3) is 0.500. The highest BCUT2D eigenvalue weighted by Gasteiger charge is 2.19. The van der Waals surface area contributed by atoms with Crippen molar-refractivity contribution >= 4 is 23.3 Å². The Labute approximate surface area is 145 Å². The predicted molar refractivity (Wildman–Crippen MR) is 98.3 cm³/mol. The quantitative estimate of drug-likeness (QED) is 0.769. The predicted octanol–water partition coefficient (Wildman–Crippen LogP) is 2.30. The number of hydrogen-bond donors (Lipinski definition) is 0. The van der Waals surface area contributed by atoms with Crippen LogP contribution in [0.3, 0.4) is 0 Å². The Morgan fingerprint density at radius 2 is 2.00 bits per heavy atom. The molecule has 0 bridgehead atoms. The molecular formula is C16H25N3O2S2. The Kier molecular flexibility index (Phi) is 8.15. The number of likely N-dealkylation sites (tertiary alicyclic amines) is 1. The molecule has 1 aliphatic rings. The highest BCUT2D eigenvalue weighted by Crippen LogP contribution is 2.25. The zero-order chi connectivity index (χ0) is 14.7. The third kappa shape index (κ3) is 4.99. The maximum atomic E-state index is 4.51. The number of hydrogen-bond acceptors (Lipinski definition) is 5. The molecule has 2 heterocycles. The van der Waals surface area contributed by atoms with E-state index >= 15 is 0 Å². The number of nitrogens with zero attached hydrogens (tertiary/aromatic N) is 3. The third-order valence-electron chi connectivity index (χ3n) is 4.17. The van der Waals surface area contributed by atoms with Crippen molar-refractivity contribution in [3.8, 4) is 10.6 Å². The molecule has 4 N–H and O–H groups in total. The first-order chi connectivity index (χ1) is 10.3. The molecule has 128 valence electrons. The van der Waals surface area contributed by atoms with Crippen molar-refractivity contribution in [2.24, 2.45) is 0 Å². The lowest BCUT2D eigenvalue weighted by Crippen LogP contribution is -2.28. The molecule has 23 heavy (non-hydrogen) atoms. The lowest BCUT2D eigenvalue weighted by atomic mass is 10.1. The lowest BCUT2D eigenvalue weighted by Gasteiger charge is -2.20. The summed E-state index contributed by atoms with van der Waals surface area (Å²) >= 11 is 3.07. The molecular weight excluding hydrogens is 330 g/mol. The van der Waals surface area contributed by atoms with E-state index in [2.05, 4.69) is 45.4 Å². The molecule has 0 saturated carbocycles. The number of benzene rings is 1. The minimum atomic E-state index is 0. The fourth-order valence-corrected chi connectivity index (χ4v) is 4.05. The van der Waals surface area contributed by atoms with Gasteiger partial charge >= 0.3 is 0 Å². The molecule has 0 amide bonds. The largest absolute Gasteiger partial charge is 0.412 e. The first kappa shape index (κ1) is 20.1. The second-order valence-electron chi connectivity index (χ2n) is 5.56. The molecule has 1 fully saturated rings. The van der Waals surface area contributed by atoms with E-state index in [1.54, 1.807) is 11.8 Å². The summed E-state index contributed by atoms with van der Waals surface area (Å²) in [5, 5.41) is 1.88. The Hall–Kier alpha value is -0.990. The maximum Gasteiger partial charge on any atom is 0.200 e. The van der Waals surface area contributed by atoms with Gasteiger partial charge in [-0.05, 0) is 56.1 Å². The van der Waals surface area contributed by atoms with Crippen LogP contribution in [0.4, 0.5) is 0 Å². The number of thioether (sulfide) groups is 1. The van der Waals surface area contributed by atoms with Crippen LogP contribution in [-0.2, 0) is 6.42 Å². The van der Waals surface area contributed by atoms with E-state index in [9.17, 15) is 0 Å². The van der Waals surface area contributed by atoms with E-state index in [0.29, 0.717) is 0 Å². The molecule has 0 spiro atoms. The minimum Gasteiger partial charge on any atom is -0.412 e. The van der Waals surface area contributed by atoms with Gasteiger partial charge in [-0.15, -0.1) is 0 Å². The van der Waals surface area contributed by atoms with Crippen LogP contribution in [0.25, 0.3) is 10.6 Å². The summed E-state index contributed by atoms with van der Waals surface area (Å²) in [5.74, 6) is 0. The standard InChI is InChI=1S/C16H21N3S2.2H2O/c1-12-4-3-10-19(12)11-9-13-5-7-14(8-6-13)15-17-16(20-2)18-21-15;;/h5-8,12H,3-4,9-11H2,1-2H3;2*1H2. The Morgan fingerprint density at radius 1 is 1.26 bits per heavy atom. The SMILES string of the molecule is CSc1nsc(-c2ccc(CCN3CCCC3C)cc2)n1.O.O. The van der Waals surface area contributed by atoms with Gasteiger partial charge in [0.05, 0.1) is 0 Å². The van der Waals surface area contributed by atoms with Gasteiger partial charge in [0.25, 0.3) is 0 Å². The van der Waals surface area contributed by atoms with Crippen molar-refractivity contribution in [1.29, 1.82) is 0 Å². The van der Waals surface area contributed by atoms with Crippen LogP contribution in [0.1, 0.15) is 25.3 Å². The second kappa shape index (κ2) is 9.34. The molecule has 1 atom stereocenters. The molecule has 0 aliphatic carbocycles. The van der Waals surface area contributed by atoms with Crippen molar-refractivity contribution in [3.05, 3.63) is 29.8 Å². The fourth-order valence-electron chi connectivity index (χ4n) is 2.82. The van der Waals surface area contributed by atoms with Crippen LogP contribution in [0.2, 0.25) is 0 Å². The summed E-state index contributed by atoms with van der Waals surface area (Å²) in [6.07, 6.45) is 5.85. The van der Waals surface area contributed by atoms with E-state index in [1.807, 2.05) is 6.26 Å². The zero-order valence-electron chi connectivity index (χ0n) is 13.6. The first-order valence-corrected chi connectivity index (χ1v) is 9.47. The molecule has 5 nitrogen and oxygen atoms in total. The average Bonchev–Trinajstić information content (AvgIpc) is 3.14. The summed E-state index contributed by atoms with van der Waals surface area (Å²) in [5.41, 5.74) is 2.58. The maximum absolute atomic E-state index is 4.51. The highest BCUT2D eigenvalue weighted by atomic mass is 32.2. The van der Waals surface area contributed by atoms with E-state index in [-0.39, 0.29) is 11.0 Å². The first-order valence-electron chi connectivity index (χ1n) is 7.47. The highest BCUT2D eigenvalue weighted by molar-refractivity contribution is 7.98. The third-order valence-corrected chi connectivity index (χ3v) is 5.60. The van der Waals surface area contributed by atoms with E-state index in [4.69, 9.17) is 0 Å². The van der Waals surface area contributed by atoms with Crippen molar-refractivity contribution < 1.29 is 11.0 Å². The molecule has 1 aliphatic heterocycles. The van der Waals surface area contributed by atoms with E-state index < -0.39 is 0 Å². The minimum absolute atomic E-state index is 0. The van der Waals surface area contributed by atoms with Gasteiger partial charge in [0.1, 0.15) is 5.01 Å². The van der Waals surface area contributed by atoms with Gasteiger partial charge in [0, 0.05) is 18.2 Å². The molecule has 2 aromatic rings. The monoisotopic (exact) mass is 355 g/mol. The summed E-state index contributed by atoms with van der Waals surface area (Å²) in [6.45, 7) is 4.78. The molecule has 1 aromatic heterocycles. The van der Waals surface area contributed by atoms with Crippen LogP contribution < -0.4 is 0 Å². The zero-order valence-corrected chi connectivity index (χ0v) is 15.2. The molecule has 0 radical (unpaired) electrons. The van der Waals surface area contributed by atoms with Gasteiger partial charge in [0.2, 0.25) is 0 Å². The van der Waals surface area contributed by atoms with Gasteiger partial charge in [0.15, 0.2) is 5.16 Å². The average molecular weight is 356 g/mol. The van der Waals surface area contributed by atoms with Crippen LogP contribution in [0.5, 0.6) is 0 Å². The summed E-state index contributed by atoms with van der Waals surface area (Å²) in [7, 11) is 0. The Bertz CT molecular complexity index is 589. The summed E-state index contributed by atoms with van der Waals surface area (Å²) in [6, 6.07) is 9.57. The summed E-state index contributed by atoms with van der Waals surface area (Å²) in [4.78, 5) is 7.11. The molecule has 3 rings (SSSR count). The van der Waals surface area contributed by atoms with Crippen molar-refractivity contribution in [2.75, 3.05) is 19.3 Å². The van der Waals surface area contributed by atoms with Crippen LogP contribution in [-0.4, -0.2) is 50.6 Å².